The van der Waals surface area contributed by atoms with Gasteiger partial charge < -0.3 is 19.9 Å². The Morgan fingerprint density at radius 3 is 2.62 bits per heavy atom. The van der Waals surface area contributed by atoms with Crippen LogP contribution in [0.15, 0.2) is 53.7 Å². The maximum absolute atomic E-state index is 13.1. The third kappa shape index (κ3) is 6.74. The van der Waals surface area contributed by atoms with Gasteiger partial charge in [-0.1, -0.05) is 48.2 Å². The molecule has 2 heterocycles. The number of fused-ring (bicyclic) bond motifs is 1. The molecule has 2 amide bonds. The van der Waals surface area contributed by atoms with Crippen molar-refractivity contribution in [3.63, 3.8) is 0 Å². The molecule has 42 heavy (non-hydrogen) atoms. The van der Waals surface area contributed by atoms with Gasteiger partial charge in [-0.05, 0) is 74.4 Å². The molecule has 2 N–H and O–H groups in total. The number of hydrogen-bond acceptors (Lipinski definition) is 8. The minimum atomic E-state index is -0.394. The molecule has 0 radical (unpaired) electrons. The van der Waals surface area contributed by atoms with Crippen molar-refractivity contribution in [2.75, 3.05) is 17.7 Å². The molecule has 2 aromatic heterocycles. The largest absolute Gasteiger partial charge is 0.462 e. The molecular weight excluding hydrogens is 571 g/mol. The molecule has 2 aromatic carbocycles. The lowest BCUT2D eigenvalue weighted by atomic mass is 10.1. The average Bonchev–Trinajstić information content (AvgIpc) is 3.67. The number of carbonyl (C=O) groups excluding carboxylic acids is 3. The van der Waals surface area contributed by atoms with E-state index in [2.05, 4.69) is 20.8 Å². The number of benzene rings is 2. The highest BCUT2D eigenvalue weighted by molar-refractivity contribution is 7.99. The quantitative estimate of drug-likeness (QED) is 0.176. The number of esters is 1. The second kappa shape index (κ2) is 13.3. The first-order chi connectivity index (χ1) is 20.3. The van der Waals surface area contributed by atoms with Gasteiger partial charge in [-0.25, -0.2) is 4.79 Å². The van der Waals surface area contributed by atoms with Gasteiger partial charge in [0.2, 0.25) is 5.91 Å². The number of ether oxygens (including phenoxy) is 1. The summed E-state index contributed by atoms with van der Waals surface area (Å²) in [7, 11) is 0. The Hall–Kier alpha value is -3.96. The molecular formula is C31H33N5O4S2. The van der Waals surface area contributed by atoms with Crippen LogP contribution in [0.4, 0.5) is 5.00 Å². The van der Waals surface area contributed by atoms with Gasteiger partial charge in [-0.3, -0.25) is 9.59 Å². The maximum Gasteiger partial charge on any atom is 0.341 e. The van der Waals surface area contributed by atoms with Gasteiger partial charge >= 0.3 is 5.97 Å². The summed E-state index contributed by atoms with van der Waals surface area (Å²) in [5, 5.41) is 15.7. The number of thioether (sulfide) groups is 1. The summed E-state index contributed by atoms with van der Waals surface area (Å²) in [5.41, 5.74) is 5.28. The zero-order valence-corrected chi connectivity index (χ0v) is 25.5. The van der Waals surface area contributed by atoms with Crippen LogP contribution < -0.4 is 10.6 Å². The highest BCUT2D eigenvalue weighted by atomic mass is 32.2. The summed E-state index contributed by atoms with van der Waals surface area (Å²) in [4.78, 5) is 39.7. The van der Waals surface area contributed by atoms with Gasteiger partial charge in [0.05, 0.1) is 31.0 Å². The molecule has 0 saturated carbocycles. The molecule has 218 valence electrons. The summed E-state index contributed by atoms with van der Waals surface area (Å²) in [6.07, 6.45) is 2.72. The number of carbonyl (C=O) groups is 3. The van der Waals surface area contributed by atoms with E-state index in [9.17, 15) is 14.4 Å². The summed E-state index contributed by atoms with van der Waals surface area (Å²) in [6, 6.07) is 15.5. The molecule has 1 aliphatic carbocycles. The summed E-state index contributed by atoms with van der Waals surface area (Å²) >= 11 is 2.71. The number of nitrogens with zero attached hydrogens (tertiary/aromatic N) is 3. The number of aromatic nitrogens is 3. The van der Waals surface area contributed by atoms with Crippen molar-refractivity contribution >= 4 is 45.9 Å². The Labute approximate surface area is 253 Å². The van der Waals surface area contributed by atoms with Crippen molar-refractivity contribution in [2.45, 2.75) is 58.3 Å². The first-order valence-corrected chi connectivity index (χ1v) is 15.7. The van der Waals surface area contributed by atoms with E-state index in [4.69, 9.17) is 4.74 Å². The van der Waals surface area contributed by atoms with E-state index in [0.717, 1.165) is 46.4 Å². The second-order valence-corrected chi connectivity index (χ2v) is 12.1. The van der Waals surface area contributed by atoms with E-state index in [1.54, 1.807) is 6.92 Å². The van der Waals surface area contributed by atoms with Crippen LogP contribution in [0.3, 0.4) is 0 Å². The van der Waals surface area contributed by atoms with Crippen LogP contribution in [-0.2, 0) is 35.5 Å². The molecule has 0 aliphatic heterocycles. The van der Waals surface area contributed by atoms with Crippen molar-refractivity contribution in [3.05, 3.63) is 92.6 Å². The summed E-state index contributed by atoms with van der Waals surface area (Å²) in [6.45, 7) is 6.70. The third-order valence-electron chi connectivity index (χ3n) is 7.14. The van der Waals surface area contributed by atoms with Crippen LogP contribution in [0.2, 0.25) is 0 Å². The molecule has 11 heteroatoms. The number of anilines is 1. The van der Waals surface area contributed by atoms with Crippen molar-refractivity contribution in [3.8, 4) is 0 Å². The minimum Gasteiger partial charge on any atom is -0.462 e. The lowest BCUT2D eigenvalue weighted by Crippen LogP contribution is -2.25. The van der Waals surface area contributed by atoms with Gasteiger partial charge in [0.15, 0.2) is 11.0 Å². The average molecular weight is 604 g/mol. The number of amides is 2. The highest BCUT2D eigenvalue weighted by Gasteiger charge is 2.28. The molecule has 4 aromatic rings. The minimum absolute atomic E-state index is 0.0761. The van der Waals surface area contributed by atoms with Crippen LogP contribution in [0.25, 0.3) is 0 Å². The number of rotatable bonds is 11. The lowest BCUT2D eigenvalue weighted by molar-refractivity contribution is -0.113. The Kier molecular flexibility index (Phi) is 9.38. The zero-order valence-electron chi connectivity index (χ0n) is 23.9. The van der Waals surface area contributed by atoms with Crippen LogP contribution in [-0.4, -0.2) is 44.9 Å². The fraction of sp³-hybridized carbons (Fsp3) is 0.323. The predicted molar refractivity (Wildman–Crippen MR) is 164 cm³/mol. The molecule has 0 unspecified atom stereocenters. The molecule has 0 fully saturated rings. The molecule has 0 atom stereocenters. The second-order valence-electron chi connectivity index (χ2n) is 10.1. The topological polar surface area (TPSA) is 115 Å². The number of hydrogen-bond donors (Lipinski definition) is 2. The van der Waals surface area contributed by atoms with Crippen molar-refractivity contribution in [2.24, 2.45) is 0 Å². The normalized spacial score (nSPS) is 12.2. The maximum atomic E-state index is 13.1. The highest BCUT2D eigenvalue weighted by Crippen LogP contribution is 2.39. The predicted octanol–water partition coefficient (Wildman–Crippen LogP) is 5.33. The lowest BCUT2D eigenvalue weighted by Gasteiger charge is -2.12. The van der Waals surface area contributed by atoms with Crippen LogP contribution in [0, 0.1) is 13.8 Å². The van der Waals surface area contributed by atoms with Gasteiger partial charge in [0.1, 0.15) is 5.00 Å². The molecule has 0 bridgehead atoms. The monoisotopic (exact) mass is 603 g/mol. The van der Waals surface area contributed by atoms with Gasteiger partial charge in [-0.2, -0.15) is 0 Å². The molecule has 1 aliphatic rings. The van der Waals surface area contributed by atoms with Gasteiger partial charge in [0.25, 0.3) is 5.91 Å². The standard InChI is InChI=1S/C31H33N5O4S2/c1-4-40-30(39)27-23-11-8-12-24(23)42-29(27)33-26(37)18-41-31-35-34-25(36(31)17-21-9-6-5-7-10-21)16-32-28(38)22-14-13-19(2)20(3)15-22/h5-7,9-10,13-15H,4,8,11-12,16-18H2,1-3H3,(H,32,38)(H,33,37). The summed E-state index contributed by atoms with van der Waals surface area (Å²) in [5.74, 6) is -0.175. The third-order valence-corrected chi connectivity index (χ3v) is 9.31. The number of aryl methyl sites for hydroxylation is 3. The van der Waals surface area contributed by atoms with E-state index < -0.39 is 5.97 Å². The molecule has 5 rings (SSSR count). The zero-order chi connectivity index (χ0) is 29.6. The molecule has 9 nitrogen and oxygen atoms in total. The Morgan fingerprint density at radius 2 is 1.86 bits per heavy atom. The van der Waals surface area contributed by atoms with E-state index in [0.29, 0.717) is 33.7 Å². The fourth-order valence-electron chi connectivity index (χ4n) is 4.83. The van der Waals surface area contributed by atoms with Gasteiger partial charge in [0, 0.05) is 10.4 Å². The Morgan fingerprint density at radius 1 is 1.05 bits per heavy atom. The van der Waals surface area contributed by atoms with Crippen LogP contribution in [0.1, 0.15) is 67.0 Å². The number of thiophene rings is 1. The van der Waals surface area contributed by atoms with Gasteiger partial charge in [-0.15, -0.1) is 21.5 Å². The Balaban J connectivity index is 1.29. The first kappa shape index (κ1) is 29.5. The first-order valence-electron chi connectivity index (χ1n) is 13.9. The Bertz CT molecular complexity index is 1610. The number of nitrogens with one attached hydrogen (secondary N) is 2. The van der Waals surface area contributed by atoms with E-state index in [-0.39, 0.29) is 30.7 Å². The smallest absolute Gasteiger partial charge is 0.341 e. The van der Waals surface area contributed by atoms with E-state index in [1.807, 2.05) is 66.9 Å². The fourth-order valence-corrected chi connectivity index (χ4v) is 6.88. The van der Waals surface area contributed by atoms with Crippen LogP contribution in [0.5, 0.6) is 0 Å². The SMILES string of the molecule is CCOC(=O)c1c(NC(=O)CSc2nnc(CNC(=O)c3ccc(C)c(C)c3)n2Cc2ccccc2)sc2c1CCC2. The van der Waals surface area contributed by atoms with Crippen LogP contribution >= 0.6 is 23.1 Å². The molecule has 0 saturated heterocycles. The summed E-state index contributed by atoms with van der Waals surface area (Å²) < 4.78 is 7.19. The van der Waals surface area contributed by atoms with Crippen molar-refractivity contribution < 1.29 is 19.1 Å². The van der Waals surface area contributed by atoms with E-state index >= 15 is 0 Å². The van der Waals surface area contributed by atoms with Crippen molar-refractivity contribution in [1.82, 2.24) is 20.1 Å². The van der Waals surface area contributed by atoms with Crippen molar-refractivity contribution in [1.29, 1.82) is 0 Å². The van der Waals surface area contributed by atoms with E-state index in [1.165, 1.54) is 23.1 Å². The molecule has 0 spiro atoms.